The van der Waals surface area contributed by atoms with E-state index in [0.29, 0.717) is 17.3 Å². The zero-order valence-electron chi connectivity index (χ0n) is 12.0. The van der Waals surface area contributed by atoms with Gasteiger partial charge < -0.3 is 19.1 Å². The fourth-order valence-corrected chi connectivity index (χ4v) is 2.17. The molecule has 0 saturated carbocycles. The number of hydrogen-bond acceptors (Lipinski definition) is 4. The average molecular weight is 276 g/mol. The number of aliphatic hydroxyl groups excluding tert-OH is 1. The number of ether oxygens (including phenoxy) is 2. The lowest BCUT2D eigenvalue weighted by Gasteiger charge is -2.15. The van der Waals surface area contributed by atoms with E-state index >= 15 is 0 Å². The second-order valence-electron chi connectivity index (χ2n) is 4.50. The Morgan fingerprint density at radius 1 is 1.25 bits per heavy atom. The van der Waals surface area contributed by atoms with Crippen molar-refractivity contribution in [2.45, 2.75) is 26.0 Å². The molecule has 1 N–H and O–H groups in total. The van der Waals surface area contributed by atoms with E-state index in [0.717, 1.165) is 18.5 Å². The van der Waals surface area contributed by atoms with Crippen LogP contribution in [0.4, 0.5) is 0 Å². The fraction of sp³-hybridized carbons (Fsp3) is 0.400. The monoisotopic (exact) mass is 276 g/mol. The summed E-state index contributed by atoms with van der Waals surface area (Å²) in [5, 5.41) is 10.5. The lowest BCUT2D eigenvalue weighted by Crippen LogP contribution is -2.10. The zero-order valence-corrected chi connectivity index (χ0v) is 12.0. The van der Waals surface area contributed by atoms with E-state index < -0.39 is 6.10 Å². The van der Waals surface area contributed by atoms with E-state index in [9.17, 15) is 5.11 Å². The van der Waals surface area contributed by atoms with Gasteiger partial charge in [0.15, 0.2) is 11.5 Å². The van der Waals surface area contributed by atoms with Crippen LogP contribution in [0.2, 0.25) is 0 Å². The van der Waals surface area contributed by atoms with E-state index in [1.807, 2.05) is 16.8 Å². The van der Waals surface area contributed by atoms with Gasteiger partial charge in [-0.2, -0.15) is 0 Å². The molecule has 1 atom stereocenters. The summed E-state index contributed by atoms with van der Waals surface area (Å²) < 4.78 is 12.4. The van der Waals surface area contributed by atoms with Gasteiger partial charge in [-0.3, -0.25) is 0 Å². The number of aromatic nitrogens is 2. The van der Waals surface area contributed by atoms with Gasteiger partial charge in [0.25, 0.3) is 0 Å². The third kappa shape index (κ3) is 2.77. The zero-order chi connectivity index (χ0) is 14.5. The van der Waals surface area contributed by atoms with Crippen LogP contribution in [0.25, 0.3) is 0 Å². The molecule has 5 nitrogen and oxygen atoms in total. The highest BCUT2D eigenvalue weighted by Gasteiger charge is 2.17. The van der Waals surface area contributed by atoms with Gasteiger partial charge in [0.05, 0.1) is 14.2 Å². The van der Waals surface area contributed by atoms with Gasteiger partial charge in [0.2, 0.25) is 0 Å². The van der Waals surface area contributed by atoms with Gasteiger partial charge in [-0.1, -0.05) is 13.0 Å². The maximum Gasteiger partial charge on any atom is 0.161 e. The Bertz CT molecular complexity index is 566. The van der Waals surface area contributed by atoms with Crippen molar-refractivity contribution in [1.29, 1.82) is 0 Å². The highest BCUT2D eigenvalue weighted by Crippen LogP contribution is 2.31. The molecule has 0 spiro atoms. The summed E-state index contributed by atoms with van der Waals surface area (Å²) in [6, 6.07) is 5.37. The van der Waals surface area contributed by atoms with Gasteiger partial charge in [-0.15, -0.1) is 0 Å². The Morgan fingerprint density at radius 2 is 2.00 bits per heavy atom. The van der Waals surface area contributed by atoms with Crippen LogP contribution in [0.1, 0.15) is 30.8 Å². The fourth-order valence-electron chi connectivity index (χ4n) is 2.17. The molecule has 20 heavy (non-hydrogen) atoms. The first-order chi connectivity index (χ1) is 9.71. The molecule has 5 heteroatoms. The van der Waals surface area contributed by atoms with Crippen molar-refractivity contribution in [1.82, 2.24) is 9.55 Å². The molecule has 0 radical (unpaired) electrons. The number of imidazole rings is 1. The normalized spacial score (nSPS) is 12.2. The second-order valence-corrected chi connectivity index (χ2v) is 4.50. The first kappa shape index (κ1) is 14.4. The van der Waals surface area contributed by atoms with Crippen LogP contribution < -0.4 is 9.47 Å². The van der Waals surface area contributed by atoms with Crippen molar-refractivity contribution >= 4 is 0 Å². The molecular formula is C15H20N2O3. The molecular weight excluding hydrogens is 256 g/mol. The summed E-state index contributed by atoms with van der Waals surface area (Å²) in [5.74, 6) is 1.87. The molecule has 0 aliphatic carbocycles. The van der Waals surface area contributed by atoms with Crippen LogP contribution in [-0.4, -0.2) is 28.9 Å². The molecule has 0 fully saturated rings. The number of benzene rings is 1. The Balaban J connectivity index is 2.32. The predicted octanol–water partition coefficient (Wildman–Crippen LogP) is 2.39. The Labute approximate surface area is 118 Å². The molecule has 1 heterocycles. The molecule has 1 aromatic carbocycles. The Kier molecular flexibility index (Phi) is 4.63. The minimum Gasteiger partial charge on any atom is -0.493 e. The van der Waals surface area contributed by atoms with E-state index in [1.54, 1.807) is 32.5 Å². The van der Waals surface area contributed by atoms with Gasteiger partial charge in [0, 0.05) is 18.9 Å². The van der Waals surface area contributed by atoms with Crippen molar-refractivity contribution in [3.05, 3.63) is 42.0 Å². The van der Waals surface area contributed by atoms with Crippen molar-refractivity contribution < 1.29 is 14.6 Å². The van der Waals surface area contributed by atoms with Crippen LogP contribution in [0.15, 0.2) is 30.6 Å². The summed E-state index contributed by atoms with van der Waals surface area (Å²) in [7, 11) is 3.16. The third-order valence-corrected chi connectivity index (χ3v) is 3.18. The summed E-state index contributed by atoms with van der Waals surface area (Å²) in [6.45, 7) is 2.92. The molecule has 1 aromatic heterocycles. The predicted molar refractivity (Wildman–Crippen MR) is 76.1 cm³/mol. The van der Waals surface area contributed by atoms with Crippen molar-refractivity contribution in [2.24, 2.45) is 0 Å². The van der Waals surface area contributed by atoms with Crippen molar-refractivity contribution in [2.75, 3.05) is 14.2 Å². The van der Waals surface area contributed by atoms with E-state index in [4.69, 9.17) is 9.47 Å². The first-order valence-electron chi connectivity index (χ1n) is 6.62. The molecule has 2 aromatic rings. The second kappa shape index (κ2) is 6.43. The summed E-state index contributed by atoms with van der Waals surface area (Å²) in [5.41, 5.74) is 0.728. The quantitative estimate of drug-likeness (QED) is 0.880. The SMILES string of the molecule is CCCn1ccnc1C(O)c1ccc(OC)c(OC)c1. The summed E-state index contributed by atoms with van der Waals surface area (Å²) >= 11 is 0. The van der Waals surface area contributed by atoms with E-state index in [2.05, 4.69) is 11.9 Å². The molecule has 108 valence electrons. The largest absolute Gasteiger partial charge is 0.493 e. The van der Waals surface area contributed by atoms with Gasteiger partial charge >= 0.3 is 0 Å². The van der Waals surface area contributed by atoms with Crippen molar-refractivity contribution in [3.8, 4) is 11.5 Å². The molecule has 0 aliphatic heterocycles. The minimum absolute atomic E-state index is 0.595. The lowest BCUT2D eigenvalue weighted by molar-refractivity contribution is 0.203. The van der Waals surface area contributed by atoms with Gasteiger partial charge in [0.1, 0.15) is 11.9 Å². The minimum atomic E-state index is -0.781. The first-order valence-corrected chi connectivity index (χ1v) is 6.62. The maximum absolute atomic E-state index is 10.5. The number of aryl methyl sites for hydroxylation is 1. The van der Waals surface area contributed by atoms with E-state index in [-0.39, 0.29) is 0 Å². The van der Waals surface area contributed by atoms with Crippen LogP contribution in [-0.2, 0) is 6.54 Å². The Hall–Kier alpha value is -2.01. The highest BCUT2D eigenvalue weighted by atomic mass is 16.5. The van der Waals surface area contributed by atoms with Crippen molar-refractivity contribution in [3.63, 3.8) is 0 Å². The third-order valence-electron chi connectivity index (χ3n) is 3.18. The smallest absolute Gasteiger partial charge is 0.161 e. The molecule has 2 rings (SSSR count). The van der Waals surface area contributed by atoms with Gasteiger partial charge in [-0.05, 0) is 24.1 Å². The molecule has 0 bridgehead atoms. The molecule has 0 amide bonds. The number of hydrogen-bond donors (Lipinski definition) is 1. The standard InChI is InChI=1S/C15H20N2O3/c1-4-8-17-9-7-16-15(17)14(18)11-5-6-12(19-2)13(10-11)20-3/h5-7,9-10,14,18H,4,8H2,1-3H3. The maximum atomic E-state index is 10.5. The summed E-state index contributed by atoms with van der Waals surface area (Å²) in [4.78, 5) is 4.25. The van der Waals surface area contributed by atoms with Crippen LogP contribution in [0, 0.1) is 0 Å². The Morgan fingerprint density at radius 3 is 2.65 bits per heavy atom. The number of rotatable bonds is 6. The average Bonchev–Trinajstić information content (AvgIpc) is 2.94. The topological polar surface area (TPSA) is 56.5 Å². The molecule has 1 unspecified atom stereocenters. The lowest BCUT2D eigenvalue weighted by atomic mass is 10.1. The van der Waals surface area contributed by atoms with Crippen LogP contribution >= 0.6 is 0 Å². The van der Waals surface area contributed by atoms with E-state index in [1.165, 1.54) is 0 Å². The van der Waals surface area contributed by atoms with Gasteiger partial charge in [-0.25, -0.2) is 4.98 Å². The summed E-state index contributed by atoms with van der Waals surface area (Å²) in [6.07, 6.45) is 3.79. The van der Waals surface area contributed by atoms with Crippen LogP contribution in [0.3, 0.4) is 0 Å². The highest BCUT2D eigenvalue weighted by molar-refractivity contribution is 5.44. The number of nitrogens with zero attached hydrogens (tertiary/aromatic N) is 2. The number of aliphatic hydroxyl groups is 1. The molecule has 0 saturated heterocycles. The van der Waals surface area contributed by atoms with Crippen LogP contribution in [0.5, 0.6) is 11.5 Å². The molecule has 0 aliphatic rings. The number of methoxy groups -OCH3 is 2.